The van der Waals surface area contributed by atoms with Gasteiger partial charge in [-0.25, -0.2) is 0 Å². The summed E-state index contributed by atoms with van der Waals surface area (Å²) in [5.41, 5.74) is 0.820. The number of rotatable bonds is 6. The number of carbonyl (C=O) groups excluding carboxylic acids is 2. The Labute approximate surface area is 144 Å². The lowest BCUT2D eigenvalue weighted by molar-refractivity contribution is -0.128. The second kappa shape index (κ2) is 7.48. The van der Waals surface area contributed by atoms with E-state index in [1.807, 2.05) is 18.2 Å². The van der Waals surface area contributed by atoms with Gasteiger partial charge in [-0.1, -0.05) is 24.3 Å². The number of hydrogen-bond donors (Lipinski definition) is 1. The quantitative estimate of drug-likeness (QED) is 0.863. The van der Waals surface area contributed by atoms with Crippen LogP contribution in [-0.2, 0) is 22.6 Å². The van der Waals surface area contributed by atoms with Crippen molar-refractivity contribution in [2.45, 2.75) is 32.7 Å². The van der Waals surface area contributed by atoms with Crippen LogP contribution in [0.2, 0.25) is 0 Å². The maximum absolute atomic E-state index is 12.4. The van der Waals surface area contributed by atoms with Gasteiger partial charge < -0.3 is 10.2 Å². The summed E-state index contributed by atoms with van der Waals surface area (Å²) in [7, 11) is 0. The van der Waals surface area contributed by atoms with Crippen LogP contribution in [0.15, 0.2) is 24.4 Å². The largest absolute Gasteiger partial charge is 0.336 e. The van der Waals surface area contributed by atoms with E-state index in [1.54, 1.807) is 11.1 Å². The molecule has 8 heteroatoms. The van der Waals surface area contributed by atoms with E-state index in [1.165, 1.54) is 11.3 Å². The second-order valence-electron chi connectivity index (χ2n) is 5.74. The molecule has 0 bridgehead atoms. The summed E-state index contributed by atoms with van der Waals surface area (Å²) in [6.07, 6.45) is 3.76. The third-order valence-electron chi connectivity index (χ3n) is 3.83. The normalized spacial score (nSPS) is 17.3. The average Bonchev–Trinajstić information content (AvgIpc) is 3.16. The molecule has 2 amide bonds. The minimum absolute atomic E-state index is 0.0234. The van der Waals surface area contributed by atoms with Crippen molar-refractivity contribution in [3.63, 3.8) is 0 Å². The lowest BCUT2D eigenvalue weighted by Crippen LogP contribution is -2.28. The molecule has 1 aliphatic rings. The highest BCUT2D eigenvalue weighted by Gasteiger charge is 2.34. The molecule has 126 valence electrons. The summed E-state index contributed by atoms with van der Waals surface area (Å²) in [6, 6.07) is 5.59. The third kappa shape index (κ3) is 3.94. The van der Waals surface area contributed by atoms with Crippen molar-refractivity contribution in [3.8, 4) is 0 Å². The fraction of sp³-hybridized carbons (Fsp3) is 0.438. The Hall–Kier alpha value is -2.35. The van der Waals surface area contributed by atoms with Gasteiger partial charge in [0.15, 0.2) is 0 Å². The molecule has 1 aliphatic heterocycles. The van der Waals surface area contributed by atoms with Gasteiger partial charge in [-0.2, -0.15) is 0 Å². The van der Waals surface area contributed by atoms with Gasteiger partial charge in [-0.3, -0.25) is 14.6 Å². The zero-order valence-electron chi connectivity index (χ0n) is 13.4. The Morgan fingerprint density at radius 2 is 2.29 bits per heavy atom. The van der Waals surface area contributed by atoms with Crippen LogP contribution in [0.3, 0.4) is 0 Å². The van der Waals surface area contributed by atoms with E-state index in [0.29, 0.717) is 18.2 Å². The molecule has 1 atom stereocenters. The van der Waals surface area contributed by atoms with Gasteiger partial charge >= 0.3 is 0 Å². The summed E-state index contributed by atoms with van der Waals surface area (Å²) in [5.74, 6) is -0.560. The van der Waals surface area contributed by atoms with Gasteiger partial charge in [0.25, 0.3) is 0 Å². The van der Waals surface area contributed by atoms with E-state index in [0.717, 1.165) is 23.5 Å². The van der Waals surface area contributed by atoms with Crippen LogP contribution in [0.5, 0.6) is 0 Å². The van der Waals surface area contributed by atoms with E-state index in [4.69, 9.17) is 0 Å². The van der Waals surface area contributed by atoms with Crippen molar-refractivity contribution >= 4 is 28.3 Å². The van der Waals surface area contributed by atoms with Crippen molar-refractivity contribution in [1.29, 1.82) is 0 Å². The summed E-state index contributed by atoms with van der Waals surface area (Å²) in [6.45, 7) is 2.91. The molecule has 0 saturated carbocycles. The number of carbonyl (C=O) groups is 2. The van der Waals surface area contributed by atoms with E-state index >= 15 is 0 Å². The second-order valence-corrected chi connectivity index (χ2v) is 6.80. The van der Waals surface area contributed by atoms with E-state index in [2.05, 4.69) is 27.4 Å². The first kappa shape index (κ1) is 16.5. The molecule has 1 N–H and O–H groups in total. The maximum Gasteiger partial charge on any atom is 0.231 e. The predicted molar refractivity (Wildman–Crippen MR) is 90.3 cm³/mol. The molecule has 2 aromatic rings. The van der Waals surface area contributed by atoms with Gasteiger partial charge in [0.05, 0.1) is 18.2 Å². The molecule has 0 unspecified atom stereocenters. The SMILES string of the molecule is CCCc1nnc(NC(=O)[C@H]2CC(=O)N(Cc3ccccn3)C2)s1. The minimum Gasteiger partial charge on any atom is -0.336 e. The first-order valence-electron chi connectivity index (χ1n) is 7.96. The predicted octanol–water partition coefficient (Wildman–Crippen LogP) is 1.87. The Balaban J connectivity index is 1.57. The van der Waals surface area contributed by atoms with Crippen molar-refractivity contribution in [3.05, 3.63) is 35.1 Å². The number of nitrogens with zero attached hydrogens (tertiary/aromatic N) is 4. The fourth-order valence-electron chi connectivity index (χ4n) is 2.61. The molecular weight excluding hydrogens is 326 g/mol. The number of anilines is 1. The number of hydrogen-bond acceptors (Lipinski definition) is 6. The van der Waals surface area contributed by atoms with Gasteiger partial charge in [0.2, 0.25) is 16.9 Å². The number of amides is 2. The molecule has 2 aromatic heterocycles. The Morgan fingerprint density at radius 3 is 3.04 bits per heavy atom. The van der Waals surface area contributed by atoms with Crippen molar-refractivity contribution in [2.24, 2.45) is 5.92 Å². The van der Waals surface area contributed by atoms with Crippen LogP contribution in [-0.4, -0.2) is 38.4 Å². The van der Waals surface area contributed by atoms with E-state index in [-0.39, 0.29) is 24.2 Å². The first-order valence-corrected chi connectivity index (χ1v) is 8.78. The molecular formula is C16H19N5O2S. The molecule has 1 saturated heterocycles. The minimum atomic E-state index is -0.361. The number of pyridine rings is 1. The molecule has 7 nitrogen and oxygen atoms in total. The topological polar surface area (TPSA) is 88.1 Å². The van der Waals surface area contributed by atoms with E-state index in [9.17, 15) is 9.59 Å². The monoisotopic (exact) mass is 345 g/mol. The first-order chi connectivity index (χ1) is 11.7. The molecule has 0 aromatic carbocycles. The van der Waals surface area contributed by atoms with Crippen LogP contribution in [0, 0.1) is 5.92 Å². The lowest BCUT2D eigenvalue weighted by Gasteiger charge is -2.15. The smallest absolute Gasteiger partial charge is 0.231 e. The summed E-state index contributed by atoms with van der Waals surface area (Å²) >= 11 is 1.39. The van der Waals surface area contributed by atoms with Gasteiger partial charge in [0.1, 0.15) is 5.01 Å². The van der Waals surface area contributed by atoms with Gasteiger partial charge in [-0.15, -0.1) is 10.2 Å². The van der Waals surface area contributed by atoms with Crippen molar-refractivity contribution < 1.29 is 9.59 Å². The zero-order valence-corrected chi connectivity index (χ0v) is 14.3. The summed E-state index contributed by atoms with van der Waals surface area (Å²) in [4.78, 5) is 30.4. The summed E-state index contributed by atoms with van der Waals surface area (Å²) < 4.78 is 0. The zero-order chi connectivity index (χ0) is 16.9. The van der Waals surface area contributed by atoms with Crippen molar-refractivity contribution in [1.82, 2.24) is 20.1 Å². The van der Waals surface area contributed by atoms with Crippen LogP contribution in [0.1, 0.15) is 30.5 Å². The van der Waals surface area contributed by atoms with Gasteiger partial charge in [-0.05, 0) is 18.6 Å². The number of aromatic nitrogens is 3. The van der Waals surface area contributed by atoms with Crippen LogP contribution in [0.25, 0.3) is 0 Å². The van der Waals surface area contributed by atoms with Crippen LogP contribution in [0.4, 0.5) is 5.13 Å². The lowest BCUT2D eigenvalue weighted by atomic mass is 10.1. The van der Waals surface area contributed by atoms with E-state index < -0.39 is 0 Å². The maximum atomic E-state index is 12.4. The molecule has 0 aliphatic carbocycles. The molecule has 3 heterocycles. The Morgan fingerprint density at radius 1 is 1.42 bits per heavy atom. The number of likely N-dealkylation sites (tertiary alicyclic amines) is 1. The highest BCUT2D eigenvalue weighted by molar-refractivity contribution is 7.15. The van der Waals surface area contributed by atoms with Crippen LogP contribution >= 0.6 is 11.3 Å². The molecule has 0 radical (unpaired) electrons. The number of nitrogens with one attached hydrogen (secondary N) is 1. The van der Waals surface area contributed by atoms with Gasteiger partial charge in [0, 0.05) is 25.6 Å². The molecule has 3 rings (SSSR count). The Kier molecular flexibility index (Phi) is 5.14. The third-order valence-corrected chi connectivity index (χ3v) is 4.72. The number of aryl methyl sites for hydroxylation is 1. The molecule has 24 heavy (non-hydrogen) atoms. The highest BCUT2D eigenvalue weighted by Crippen LogP contribution is 2.23. The Bertz CT molecular complexity index is 718. The standard InChI is InChI=1S/C16H19N5O2S/c1-2-5-13-19-20-16(24-13)18-15(23)11-8-14(22)21(9-11)10-12-6-3-4-7-17-12/h3-4,6-7,11H,2,5,8-10H2,1H3,(H,18,20,23)/t11-/m0/s1. The molecule has 0 spiro atoms. The van der Waals surface area contributed by atoms with Crippen molar-refractivity contribution in [2.75, 3.05) is 11.9 Å². The summed E-state index contributed by atoms with van der Waals surface area (Å²) in [5, 5.41) is 12.2. The molecule has 1 fully saturated rings. The fourth-order valence-corrected chi connectivity index (χ4v) is 3.46. The average molecular weight is 345 g/mol. The van der Waals surface area contributed by atoms with Crippen LogP contribution < -0.4 is 5.32 Å². The highest BCUT2D eigenvalue weighted by atomic mass is 32.1.